The molecule has 1 aromatic heterocycles. The zero-order valence-corrected chi connectivity index (χ0v) is 11.8. The van der Waals surface area contributed by atoms with Crippen LogP contribution in [0.3, 0.4) is 0 Å². The third-order valence-corrected chi connectivity index (χ3v) is 3.48. The van der Waals surface area contributed by atoms with Gasteiger partial charge in [0.05, 0.1) is 12.2 Å². The molecule has 0 saturated carbocycles. The van der Waals surface area contributed by atoms with E-state index in [1.54, 1.807) is 23.0 Å². The van der Waals surface area contributed by atoms with Crippen LogP contribution in [0, 0.1) is 12.7 Å². The molecule has 4 heteroatoms. The zero-order chi connectivity index (χ0) is 14.8. The number of anilines is 1. The van der Waals surface area contributed by atoms with E-state index in [1.807, 2.05) is 12.1 Å². The molecule has 0 bridgehead atoms. The van der Waals surface area contributed by atoms with E-state index < -0.39 is 0 Å². The first-order valence-corrected chi connectivity index (χ1v) is 6.77. The van der Waals surface area contributed by atoms with Crippen molar-refractivity contribution in [1.82, 2.24) is 9.78 Å². The molecule has 0 aliphatic heterocycles. The van der Waals surface area contributed by atoms with E-state index in [9.17, 15) is 4.39 Å². The van der Waals surface area contributed by atoms with Crippen molar-refractivity contribution < 1.29 is 4.39 Å². The number of aryl methyl sites for hydroxylation is 1. The van der Waals surface area contributed by atoms with Gasteiger partial charge in [0.2, 0.25) is 0 Å². The summed E-state index contributed by atoms with van der Waals surface area (Å²) in [7, 11) is 0. The predicted octanol–water partition coefficient (Wildman–Crippen LogP) is 3.63. The molecule has 0 spiro atoms. The summed E-state index contributed by atoms with van der Waals surface area (Å²) in [6, 6.07) is 14.5. The van der Waals surface area contributed by atoms with Crippen molar-refractivity contribution in [2.24, 2.45) is 0 Å². The number of halogens is 1. The lowest BCUT2D eigenvalue weighted by Crippen LogP contribution is -2.02. The number of rotatable bonds is 3. The molecular weight excluding hydrogens is 265 g/mol. The van der Waals surface area contributed by atoms with E-state index in [1.165, 1.54) is 23.3 Å². The molecule has 2 N–H and O–H groups in total. The molecule has 0 aliphatic carbocycles. The molecule has 0 atom stereocenters. The second-order valence-electron chi connectivity index (χ2n) is 5.07. The van der Waals surface area contributed by atoms with Crippen LogP contribution in [0.2, 0.25) is 0 Å². The first kappa shape index (κ1) is 13.4. The zero-order valence-electron chi connectivity index (χ0n) is 11.8. The van der Waals surface area contributed by atoms with Crippen LogP contribution in [-0.4, -0.2) is 9.78 Å². The van der Waals surface area contributed by atoms with Gasteiger partial charge in [-0.25, -0.2) is 4.39 Å². The third kappa shape index (κ3) is 2.79. The quantitative estimate of drug-likeness (QED) is 0.796. The molecule has 0 unspecified atom stereocenters. The van der Waals surface area contributed by atoms with E-state index in [2.05, 4.69) is 24.2 Å². The number of hydrogen-bond donors (Lipinski definition) is 1. The molecule has 0 amide bonds. The molecular formula is C17H16FN3. The lowest BCUT2D eigenvalue weighted by Gasteiger charge is -2.05. The van der Waals surface area contributed by atoms with Crippen LogP contribution in [0.5, 0.6) is 0 Å². The van der Waals surface area contributed by atoms with E-state index in [0.717, 1.165) is 0 Å². The van der Waals surface area contributed by atoms with E-state index in [-0.39, 0.29) is 5.82 Å². The van der Waals surface area contributed by atoms with Gasteiger partial charge >= 0.3 is 0 Å². The summed E-state index contributed by atoms with van der Waals surface area (Å²) in [5.41, 5.74) is 10.3. The maximum atomic E-state index is 13.3. The summed E-state index contributed by atoms with van der Waals surface area (Å²) >= 11 is 0. The third-order valence-electron chi connectivity index (χ3n) is 3.48. The number of nitrogens with two attached hydrogens (primary N) is 1. The maximum Gasteiger partial charge on any atom is 0.123 e. The highest BCUT2D eigenvalue weighted by atomic mass is 19.1. The highest BCUT2D eigenvalue weighted by Gasteiger charge is 2.10. The van der Waals surface area contributed by atoms with Crippen molar-refractivity contribution in [2.75, 3.05) is 5.73 Å². The smallest absolute Gasteiger partial charge is 0.123 e. The minimum absolute atomic E-state index is 0.291. The van der Waals surface area contributed by atoms with Gasteiger partial charge in [0, 0.05) is 11.8 Å². The first-order valence-electron chi connectivity index (χ1n) is 6.77. The second-order valence-corrected chi connectivity index (χ2v) is 5.07. The Morgan fingerprint density at radius 2 is 1.95 bits per heavy atom. The molecule has 21 heavy (non-hydrogen) atoms. The Kier molecular flexibility index (Phi) is 3.44. The van der Waals surface area contributed by atoms with Crippen LogP contribution >= 0.6 is 0 Å². The maximum absolute atomic E-state index is 13.3. The van der Waals surface area contributed by atoms with Gasteiger partial charge in [0.15, 0.2) is 0 Å². The fourth-order valence-corrected chi connectivity index (χ4v) is 2.34. The van der Waals surface area contributed by atoms with Crippen LogP contribution < -0.4 is 5.73 Å². The Balaban J connectivity index is 1.93. The monoisotopic (exact) mass is 281 g/mol. The normalized spacial score (nSPS) is 10.8. The van der Waals surface area contributed by atoms with E-state index in [0.29, 0.717) is 23.5 Å². The van der Waals surface area contributed by atoms with Crippen molar-refractivity contribution in [3.63, 3.8) is 0 Å². The van der Waals surface area contributed by atoms with Crippen LogP contribution in [-0.2, 0) is 6.54 Å². The Morgan fingerprint density at radius 1 is 1.14 bits per heavy atom. The first-order chi connectivity index (χ1) is 10.1. The summed E-state index contributed by atoms with van der Waals surface area (Å²) < 4.78 is 15.1. The van der Waals surface area contributed by atoms with E-state index >= 15 is 0 Å². The Labute approximate surface area is 122 Å². The van der Waals surface area contributed by atoms with Gasteiger partial charge in [-0.15, -0.1) is 0 Å². The van der Waals surface area contributed by atoms with Crippen molar-refractivity contribution in [1.29, 1.82) is 0 Å². The fourth-order valence-electron chi connectivity index (χ4n) is 2.34. The summed E-state index contributed by atoms with van der Waals surface area (Å²) in [6.45, 7) is 2.71. The van der Waals surface area contributed by atoms with Gasteiger partial charge in [-0.05, 0) is 30.2 Å². The molecule has 0 saturated heterocycles. The molecule has 106 valence electrons. The average molecular weight is 281 g/mol. The molecule has 0 fully saturated rings. The molecule has 0 aliphatic rings. The molecule has 1 heterocycles. The van der Waals surface area contributed by atoms with Gasteiger partial charge in [-0.3, -0.25) is 4.68 Å². The number of nitrogen functional groups attached to an aromatic ring is 1. The van der Waals surface area contributed by atoms with Gasteiger partial charge in [0.1, 0.15) is 11.5 Å². The van der Waals surface area contributed by atoms with Gasteiger partial charge < -0.3 is 5.73 Å². The summed E-state index contributed by atoms with van der Waals surface area (Å²) in [4.78, 5) is 0. The number of nitrogens with zero attached hydrogens (tertiary/aromatic N) is 2. The topological polar surface area (TPSA) is 43.8 Å². The van der Waals surface area contributed by atoms with Crippen molar-refractivity contribution >= 4 is 5.69 Å². The highest BCUT2D eigenvalue weighted by molar-refractivity contribution is 5.71. The standard InChI is InChI=1S/C17H16FN3/c1-12-5-2-3-6-14(12)10-21-11-16(19)17(20-21)13-7-4-8-15(18)9-13/h2-9,11H,10,19H2,1H3. The minimum Gasteiger partial charge on any atom is -0.396 e. The molecule has 3 aromatic rings. The van der Waals surface area contributed by atoms with Gasteiger partial charge in [0.25, 0.3) is 0 Å². The van der Waals surface area contributed by atoms with Gasteiger partial charge in [-0.1, -0.05) is 36.4 Å². The lowest BCUT2D eigenvalue weighted by atomic mass is 10.1. The summed E-state index contributed by atoms with van der Waals surface area (Å²) in [5.74, 6) is -0.291. The fraction of sp³-hybridized carbons (Fsp3) is 0.118. The molecule has 0 radical (unpaired) electrons. The van der Waals surface area contributed by atoms with Crippen molar-refractivity contribution in [3.8, 4) is 11.3 Å². The predicted molar refractivity (Wildman–Crippen MR) is 82.3 cm³/mol. The van der Waals surface area contributed by atoms with Gasteiger partial charge in [-0.2, -0.15) is 5.10 Å². The van der Waals surface area contributed by atoms with Crippen molar-refractivity contribution in [3.05, 3.63) is 71.7 Å². The number of benzene rings is 2. The van der Waals surface area contributed by atoms with E-state index in [4.69, 9.17) is 5.73 Å². The molecule has 3 rings (SSSR count). The number of hydrogen-bond acceptors (Lipinski definition) is 2. The lowest BCUT2D eigenvalue weighted by molar-refractivity contribution is 0.628. The average Bonchev–Trinajstić information content (AvgIpc) is 2.82. The molecule has 2 aromatic carbocycles. The summed E-state index contributed by atoms with van der Waals surface area (Å²) in [6.07, 6.45) is 1.78. The molecule has 3 nitrogen and oxygen atoms in total. The van der Waals surface area contributed by atoms with Crippen LogP contribution in [0.25, 0.3) is 11.3 Å². The largest absolute Gasteiger partial charge is 0.396 e. The highest BCUT2D eigenvalue weighted by Crippen LogP contribution is 2.25. The summed E-state index contributed by atoms with van der Waals surface area (Å²) in [5, 5.41) is 4.48. The van der Waals surface area contributed by atoms with Crippen molar-refractivity contribution in [2.45, 2.75) is 13.5 Å². The Bertz CT molecular complexity index is 777. The van der Waals surface area contributed by atoms with Crippen LogP contribution in [0.1, 0.15) is 11.1 Å². The SMILES string of the molecule is Cc1ccccc1Cn1cc(N)c(-c2cccc(F)c2)n1. The number of aromatic nitrogens is 2. The Morgan fingerprint density at radius 3 is 2.71 bits per heavy atom. The Hall–Kier alpha value is -2.62. The van der Waals surface area contributed by atoms with Crippen LogP contribution in [0.4, 0.5) is 10.1 Å². The second kappa shape index (κ2) is 5.40. The van der Waals surface area contributed by atoms with Crippen LogP contribution in [0.15, 0.2) is 54.7 Å². The minimum atomic E-state index is -0.291.